The molecule has 1 rings (SSSR count). The Bertz CT molecular complexity index is 108. The molecular formula is C8H13I3. The van der Waals surface area contributed by atoms with Crippen molar-refractivity contribution < 1.29 is 0 Å². The summed E-state index contributed by atoms with van der Waals surface area (Å²) in [6.07, 6.45) is 7.35. The summed E-state index contributed by atoms with van der Waals surface area (Å²) in [6.45, 7) is 0. The van der Waals surface area contributed by atoms with Gasteiger partial charge in [0.2, 0.25) is 0 Å². The van der Waals surface area contributed by atoms with E-state index in [9.17, 15) is 0 Å². The average Bonchev–Trinajstić information content (AvgIpc) is 2.35. The number of hydrogen-bond acceptors (Lipinski definition) is 0. The smallest absolute Gasteiger partial charge is 0.0636 e. The maximum atomic E-state index is 2.65. The van der Waals surface area contributed by atoms with Crippen LogP contribution in [-0.4, -0.2) is 5.86 Å². The van der Waals surface area contributed by atoms with Crippen molar-refractivity contribution in [2.24, 2.45) is 5.92 Å². The van der Waals surface area contributed by atoms with E-state index in [4.69, 9.17) is 0 Å². The lowest BCUT2D eigenvalue weighted by molar-refractivity contribution is 0.528. The molecule has 0 radical (unpaired) electrons. The largest absolute Gasteiger partial charge is 0.0823 e. The summed E-state index contributed by atoms with van der Waals surface area (Å²) >= 11 is 7.70. The number of halogens is 3. The topological polar surface area (TPSA) is 0 Å². The Labute approximate surface area is 110 Å². The van der Waals surface area contributed by atoms with Gasteiger partial charge in [0.15, 0.2) is 0 Å². The van der Waals surface area contributed by atoms with Crippen LogP contribution >= 0.6 is 67.8 Å². The van der Waals surface area contributed by atoms with E-state index in [0.717, 1.165) is 11.8 Å². The lowest BCUT2D eigenvalue weighted by Crippen LogP contribution is -2.12. The summed E-state index contributed by atoms with van der Waals surface area (Å²) in [5.41, 5.74) is 0. The van der Waals surface area contributed by atoms with Gasteiger partial charge in [-0.05, 0) is 25.2 Å². The predicted octanol–water partition coefficient (Wildman–Crippen LogP) is 4.57. The Kier molecular flexibility index (Phi) is 5.96. The molecule has 1 fully saturated rings. The highest BCUT2D eigenvalue weighted by Gasteiger charge is 2.23. The molecule has 0 amide bonds. The second-order valence-corrected chi connectivity index (χ2v) is 10.2. The average molecular weight is 490 g/mol. The SMILES string of the molecule is IC(I)CC(I)C1CCCC1. The zero-order chi connectivity index (χ0) is 8.27. The standard InChI is InChI=1S/C8H13I3/c9-7(5-8(10)11)6-3-1-2-4-6/h6-8H,1-5H2. The quantitative estimate of drug-likeness (QED) is 0.402. The normalized spacial score (nSPS) is 22.9. The molecule has 0 N–H and O–H groups in total. The second kappa shape index (κ2) is 5.82. The fourth-order valence-corrected chi connectivity index (χ4v) is 5.95. The van der Waals surface area contributed by atoms with Crippen molar-refractivity contribution >= 4 is 67.8 Å². The third kappa shape index (κ3) is 4.28. The Morgan fingerprint density at radius 2 is 1.64 bits per heavy atom. The zero-order valence-corrected chi connectivity index (χ0v) is 12.9. The first-order chi connectivity index (χ1) is 5.20. The molecular weight excluding hydrogens is 477 g/mol. The molecule has 1 aliphatic carbocycles. The van der Waals surface area contributed by atoms with E-state index < -0.39 is 0 Å². The molecule has 0 saturated heterocycles. The highest BCUT2D eigenvalue weighted by Crippen LogP contribution is 2.35. The van der Waals surface area contributed by atoms with Crippen LogP contribution in [0.25, 0.3) is 0 Å². The van der Waals surface area contributed by atoms with E-state index in [1.165, 1.54) is 32.1 Å². The molecule has 0 aliphatic heterocycles. The van der Waals surface area contributed by atoms with Gasteiger partial charge in [0, 0.05) is 3.92 Å². The van der Waals surface area contributed by atoms with Gasteiger partial charge in [0.05, 0.1) is 1.93 Å². The van der Waals surface area contributed by atoms with Crippen molar-refractivity contribution in [2.45, 2.75) is 38.0 Å². The van der Waals surface area contributed by atoms with Crippen molar-refractivity contribution in [2.75, 3.05) is 0 Å². The van der Waals surface area contributed by atoms with Gasteiger partial charge >= 0.3 is 0 Å². The Balaban J connectivity index is 2.22. The van der Waals surface area contributed by atoms with Gasteiger partial charge in [-0.3, -0.25) is 0 Å². The molecule has 0 bridgehead atoms. The fourth-order valence-electron chi connectivity index (χ4n) is 1.68. The van der Waals surface area contributed by atoms with Gasteiger partial charge in [-0.1, -0.05) is 80.6 Å². The highest BCUT2D eigenvalue weighted by molar-refractivity contribution is 14.2. The van der Waals surface area contributed by atoms with Crippen molar-refractivity contribution in [3.8, 4) is 0 Å². The second-order valence-electron chi connectivity index (χ2n) is 3.19. The maximum absolute atomic E-state index is 2.65. The molecule has 0 nitrogen and oxygen atoms in total. The van der Waals surface area contributed by atoms with Crippen LogP contribution < -0.4 is 0 Å². The van der Waals surface area contributed by atoms with Crippen LogP contribution in [0.15, 0.2) is 0 Å². The van der Waals surface area contributed by atoms with Crippen molar-refractivity contribution in [3.05, 3.63) is 0 Å². The molecule has 1 saturated carbocycles. The molecule has 0 aromatic rings. The molecule has 3 heteroatoms. The van der Waals surface area contributed by atoms with Crippen LogP contribution in [0.4, 0.5) is 0 Å². The van der Waals surface area contributed by atoms with Gasteiger partial charge in [0.25, 0.3) is 0 Å². The van der Waals surface area contributed by atoms with Crippen LogP contribution in [0.2, 0.25) is 0 Å². The first kappa shape index (κ1) is 11.3. The van der Waals surface area contributed by atoms with E-state index in [1.54, 1.807) is 0 Å². The Hall–Kier alpha value is 2.19. The first-order valence-electron chi connectivity index (χ1n) is 4.12. The van der Waals surface area contributed by atoms with E-state index in [1.807, 2.05) is 0 Å². The minimum atomic E-state index is 0.827. The molecule has 0 aromatic carbocycles. The third-order valence-electron chi connectivity index (χ3n) is 2.31. The van der Waals surface area contributed by atoms with Crippen LogP contribution in [0.3, 0.4) is 0 Å². The van der Waals surface area contributed by atoms with Gasteiger partial charge in [0.1, 0.15) is 0 Å². The van der Waals surface area contributed by atoms with Crippen LogP contribution in [0.1, 0.15) is 32.1 Å². The number of rotatable bonds is 3. The van der Waals surface area contributed by atoms with Crippen molar-refractivity contribution in [1.82, 2.24) is 0 Å². The lowest BCUT2D eigenvalue weighted by atomic mass is 10.0. The molecule has 11 heavy (non-hydrogen) atoms. The zero-order valence-electron chi connectivity index (χ0n) is 6.40. The van der Waals surface area contributed by atoms with Crippen LogP contribution in [-0.2, 0) is 0 Å². The summed E-state index contributed by atoms with van der Waals surface area (Å²) in [5.74, 6) is 1.04. The predicted molar refractivity (Wildman–Crippen MR) is 76.2 cm³/mol. The summed E-state index contributed by atoms with van der Waals surface area (Å²) in [6, 6.07) is 0. The van der Waals surface area contributed by atoms with E-state index in [-0.39, 0.29) is 0 Å². The molecule has 66 valence electrons. The van der Waals surface area contributed by atoms with Crippen molar-refractivity contribution in [3.63, 3.8) is 0 Å². The third-order valence-corrected chi connectivity index (χ3v) is 4.86. The Morgan fingerprint density at radius 3 is 2.09 bits per heavy atom. The molecule has 0 spiro atoms. The first-order valence-corrected chi connectivity index (χ1v) is 7.86. The molecule has 1 aliphatic rings. The van der Waals surface area contributed by atoms with Crippen molar-refractivity contribution in [1.29, 1.82) is 0 Å². The minimum Gasteiger partial charge on any atom is -0.0823 e. The minimum absolute atomic E-state index is 0.827. The summed E-state index contributed by atoms with van der Waals surface area (Å²) in [5, 5.41) is 0. The van der Waals surface area contributed by atoms with Crippen LogP contribution in [0.5, 0.6) is 0 Å². The summed E-state index contributed by atoms with van der Waals surface area (Å²) in [7, 11) is 0. The molecule has 0 heterocycles. The number of alkyl halides is 3. The fraction of sp³-hybridized carbons (Fsp3) is 1.00. The van der Waals surface area contributed by atoms with E-state index in [2.05, 4.69) is 67.8 Å². The van der Waals surface area contributed by atoms with E-state index >= 15 is 0 Å². The molecule has 1 atom stereocenters. The monoisotopic (exact) mass is 490 g/mol. The summed E-state index contributed by atoms with van der Waals surface area (Å²) < 4.78 is 1.77. The van der Waals surface area contributed by atoms with Gasteiger partial charge < -0.3 is 0 Å². The molecule has 0 aromatic heterocycles. The van der Waals surface area contributed by atoms with Gasteiger partial charge in [-0.2, -0.15) is 0 Å². The molecule has 1 unspecified atom stereocenters. The summed E-state index contributed by atoms with van der Waals surface area (Å²) in [4.78, 5) is 0. The maximum Gasteiger partial charge on any atom is 0.0636 e. The van der Waals surface area contributed by atoms with Crippen LogP contribution in [0, 0.1) is 5.92 Å². The Morgan fingerprint density at radius 1 is 1.09 bits per heavy atom. The highest BCUT2D eigenvalue weighted by atomic mass is 127. The lowest BCUT2D eigenvalue weighted by Gasteiger charge is -2.17. The van der Waals surface area contributed by atoms with Gasteiger partial charge in [-0.15, -0.1) is 0 Å². The number of hydrogen-bond donors (Lipinski definition) is 0. The van der Waals surface area contributed by atoms with E-state index in [0.29, 0.717) is 0 Å². The van der Waals surface area contributed by atoms with Gasteiger partial charge in [-0.25, -0.2) is 0 Å².